The van der Waals surface area contributed by atoms with Crippen LogP contribution in [-0.2, 0) is 27.7 Å². The van der Waals surface area contributed by atoms with E-state index in [1.165, 1.54) is 22.7 Å². The molecule has 4 aromatic rings. The summed E-state index contributed by atoms with van der Waals surface area (Å²) in [6.07, 6.45) is 3.02. The van der Waals surface area contributed by atoms with Crippen molar-refractivity contribution in [2.75, 3.05) is 23.8 Å². The zero-order chi connectivity index (χ0) is 28.3. The topological polar surface area (TPSA) is 188 Å². The standard InChI is InChI=1S/C25H28N8O5S2/c26-24-30-20-19(28-15-29-20)21(31-24)39-13-4-9-17(34)27-10-5-11-32-22(35)18(16-7-2-1-3-8-16)23-33(25(32)36)12-6-14-40(23,37)38/h1-3,7-8,15H,4-6,9-14H2,(H,27,34)(H3,26,28,29,30,31). The van der Waals surface area contributed by atoms with Gasteiger partial charge in [-0.25, -0.2) is 23.2 Å². The third kappa shape index (κ3) is 5.65. The van der Waals surface area contributed by atoms with Crippen LogP contribution in [0, 0.1) is 0 Å². The maximum Gasteiger partial charge on any atom is 0.332 e. The van der Waals surface area contributed by atoms with E-state index in [9.17, 15) is 22.8 Å². The van der Waals surface area contributed by atoms with E-state index in [1.54, 1.807) is 30.3 Å². The van der Waals surface area contributed by atoms with Crippen molar-refractivity contribution in [3.05, 3.63) is 57.5 Å². The summed E-state index contributed by atoms with van der Waals surface area (Å²) in [6.45, 7) is 0.521. The fourth-order valence-corrected chi connectivity index (χ4v) is 7.29. The molecule has 0 aliphatic carbocycles. The zero-order valence-electron chi connectivity index (χ0n) is 21.5. The van der Waals surface area contributed by atoms with Gasteiger partial charge in [-0.1, -0.05) is 30.3 Å². The van der Waals surface area contributed by atoms with Crippen LogP contribution in [0.15, 0.2) is 56.3 Å². The highest BCUT2D eigenvalue weighted by atomic mass is 32.2. The second kappa shape index (κ2) is 11.6. The number of hydrogen-bond acceptors (Lipinski definition) is 10. The summed E-state index contributed by atoms with van der Waals surface area (Å²) in [5, 5.41) is 3.25. The van der Waals surface area contributed by atoms with Crippen LogP contribution >= 0.6 is 11.8 Å². The van der Waals surface area contributed by atoms with Gasteiger partial charge in [-0.2, -0.15) is 4.98 Å². The van der Waals surface area contributed by atoms with Crippen molar-refractivity contribution in [2.45, 2.75) is 48.8 Å². The smallest absolute Gasteiger partial charge is 0.332 e. The fourth-order valence-electron chi connectivity index (χ4n) is 4.64. The monoisotopic (exact) mass is 584 g/mol. The second-order valence-electron chi connectivity index (χ2n) is 9.25. The van der Waals surface area contributed by atoms with E-state index in [4.69, 9.17) is 5.73 Å². The molecule has 0 saturated carbocycles. The molecule has 1 aliphatic rings. The Morgan fingerprint density at radius 2 is 1.95 bits per heavy atom. The molecule has 13 nitrogen and oxygen atoms in total. The van der Waals surface area contributed by atoms with Crippen molar-refractivity contribution >= 4 is 44.6 Å². The van der Waals surface area contributed by atoms with E-state index in [0.717, 1.165) is 4.57 Å². The van der Waals surface area contributed by atoms with Gasteiger partial charge in [0.25, 0.3) is 5.56 Å². The Morgan fingerprint density at radius 1 is 1.15 bits per heavy atom. The van der Waals surface area contributed by atoms with Crippen molar-refractivity contribution in [3.63, 3.8) is 0 Å². The number of nitrogens with two attached hydrogens (primary N) is 1. The van der Waals surface area contributed by atoms with Gasteiger partial charge in [0.05, 0.1) is 17.6 Å². The minimum Gasteiger partial charge on any atom is -0.368 e. The van der Waals surface area contributed by atoms with Crippen molar-refractivity contribution in [1.29, 1.82) is 0 Å². The number of hydrogen-bond donors (Lipinski definition) is 3. The molecule has 1 aromatic carbocycles. The Bertz CT molecular complexity index is 1780. The van der Waals surface area contributed by atoms with Gasteiger partial charge in [0.2, 0.25) is 11.9 Å². The van der Waals surface area contributed by atoms with Crippen molar-refractivity contribution in [1.82, 2.24) is 34.4 Å². The number of rotatable bonds is 10. The lowest BCUT2D eigenvalue weighted by molar-refractivity contribution is -0.121. The number of carbonyl (C=O) groups excluding carboxylic acids is 1. The first kappa shape index (κ1) is 27.6. The first-order valence-electron chi connectivity index (χ1n) is 12.8. The highest BCUT2D eigenvalue weighted by Gasteiger charge is 2.32. The van der Waals surface area contributed by atoms with Crippen molar-refractivity contribution in [2.24, 2.45) is 0 Å². The third-order valence-corrected chi connectivity index (χ3v) is 9.35. The number of nitrogens with one attached hydrogen (secondary N) is 2. The number of H-pyrrole nitrogens is 1. The van der Waals surface area contributed by atoms with Crippen LogP contribution in [0.2, 0.25) is 0 Å². The van der Waals surface area contributed by atoms with Crippen molar-refractivity contribution < 1.29 is 13.2 Å². The summed E-state index contributed by atoms with van der Waals surface area (Å²) >= 11 is 1.44. The van der Waals surface area contributed by atoms with Crippen LogP contribution in [0.25, 0.3) is 22.3 Å². The van der Waals surface area contributed by atoms with Gasteiger partial charge in [-0.3, -0.25) is 18.7 Å². The molecule has 0 saturated heterocycles. The number of amides is 1. The highest BCUT2D eigenvalue weighted by Crippen LogP contribution is 2.27. The summed E-state index contributed by atoms with van der Waals surface area (Å²) in [5.41, 5.74) is 6.08. The lowest BCUT2D eigenvalue weighted by Gasteiger charge is -2.23. The summed E-state index contributed by atoms with van der Waals surface area (Å²) in [5.74, 6) is 0.504. The van der Waals surface area contributed by atoms with E-state index in [1.807, 2.05) is 0 Å². The molecule has 0 bridgehead atoms. The average Bonchev–Trinajstić information content (AvgIpc) is 3.40. The lowest BCUT2D eigenvalue weighted by atomic mass is 10.1. The van der Waals surface area contributed by atoms with E-state index >= 15 is 0 Å². The van der Waals surface area contributed by atoms with Gasteiger partial charge in [0.1, 0.15) is 10.5 Å². The molecule has 1 amide bonds. The molecule has 0 fully saturated rings. The largest absolute Gasteiger partial charge is 0.368 e. The molecule has 0 spiro atoms. The maximum atomic E-state index is 13.4. The number of sulfone groups is 1. The van der Waals surface area contributed by atoms with Gasteiger partial charge in [-0.05, 0) is 24.8 Å². The first-order valence-corrected chi connectivity index (χ1v) is 15.4. The molecule has 4 N–H and O–H groups in total. The van der Waals surface area contributed by atoms with Gasteiger partial charge in [-0.15, -0.1) is 11.8 Å². The minimum atomic E-state index is -3.79. The summed E-state index contributed by atoms with van der Waals surface area (Å²) in [7, 11) is -3.79. The molecule has 3 aromatic heterocycles. The van der Waals surface area contributed by atoms with Crippen LogP contribution in [0.4, 0.5) is 5.95 Å². The summed E-state index contributed by atoms with van der Waals surface area (Å²) < 4.78 is 28.1. The maximum absolute atomic E-state index is 13.4. The van der Waals surface area contributed by atoms with E-state index in [-0.39, 0.29) is 54.3 Å². The molecule has 5 rings (SSSR count). The zero-order valence-corrected chi connectivity index (χ0v) is 23.1. The number of fused-ring (bicyclic) bond motifs is 2. The summed E-state index contributed by atoms with van der Waals surface area (Å²) in [4.78, 5) is 54.3. The van der Waals surface area contributed by atoms with Crippen LogP contribution in [0.3, 0.4) is 0 Å². The molecular formula is C25H28N8O5S2. The van der Waals surface area contributed by atoms with E-state index in [0.29, 0.717) is 46.8 Å². The van der Waals surface area contributed by atoms with Gasteiger partial charge in [0.15, 0.2) is 20.5 Å². The number of imidazole rings is 1. The van der Waals surface area contributed by atoms with Crippen LogP contribution in [0.5, 0.6) is 0 Å². The molecule has 210 valence electrons. The molecule has 0 atom stereocenters. The molecule has 1 aliphatic heterocycles. The molecule has 15 heteroatoms. The molecular weight excluding hydrogens is 556 g/mol. The lowest BCUT2D eigenvalue weighted by Crippen LogP contribution is -2.45. The predicted molar refractivity (Wildman–Crippen MR) is 151 cm³/mol. The number of anilines is 1. The average molecular weight is 585 g/mol. The third-order valence-electron chi connectivity index (χ3n) is 6.46. The number of benzene rings is 1. The minimum absolute atomic E-state index is 0.0130. The van der Waals surface area contributed by atoms with Crippen molar-refractivity contribution in [3.8, 4) is 11.1 Å². The normalized spacial score (nSPS) is 14.2. The molecule has 40 heavy (non-hydrogen) atoms. The fraction of sp³-hybridized carbons (Fsp3) is 0.360. The quantitative estimate of drug-likeness (QED) is 0.139. The number of carbonyl (C=O) groups is 1. The van der Waals surface area contributed by atoms with Crippen LogP contribution in [-0.4, -0.2) is 61.4 Å². The Balaban J connectivity index is 1.19. The first-order chi connectivity index (χ1) is 19.3. The molecule has 0 radical (unpaired) electrons. The molecule has 4 heterocycles. The number of thioether (sulfide) groups is 1. The van der Waals surface area contributed by atoms with Gasteiger partial charge >= 0.3 is 5.69 Å². The van der Waals surface area contributed by atoms with Crippen LogP contribution < -0.4 is 22.3 Å². The Morgan fingerprint density at radius 3 is 2.75 bits per heavy atom. The number of nitrogens with zero attached hydrogens (tertiary/aromatic N) is 5. The van der Waals surface area contributed by atoms with Gasteiger partial charge < -0.3 is 16.0 Å². The van der Waals surface area contributed by atoms with E-state index < -0.39 is 21.1 Å². The number of nitrogen functional groups attached to an aromatic ring is 1. The Hall–Kier alpha value is -3.98. The summed E-state index contributed by atoms with van der Waals surface area (Å²) in [6, 6.07) is 8.51. The highest BCUT2D eigenvalue weighted by molar-refractivity contribution is 7.99. The Labute approximate surface area is 233 Å². The Kier molecular flexibility index (Phi) is 8.02. The number of aromatic amines is 1. The predicted octanol–water partition coefficient (Wildman–Crippen LogP) is 1.18. The molecule has 0 unspecified atom stereocenters. The SMILES string of the molecule is Nc1nc(SCCCC(=O)NCCCn2c(=O)c(-c3ccccc3)c3n(c2=O)CCCS3(=O)=O)c2nc[nH]c2n1. The van der Waals surface area contributed by atoms with Crippen LogP contribution in [0.1, 0.15) is 25.7 Å². The van der Waals surface area contributed by atoms with Gasteiger partial charge in [0, 0.05) is 31.8 Å². The number of aromatic nitrogens is 6. The van der Waals surface area contributed by atoms with E-state index in [2.05, 4.69) is 25.3 Å². The second-order valence-corrected chi connectivity index (χ2v) is 12.4.